The first-order valence-electron chi connectivity index (χ1n) is 7.40. The molecule has 5 heteroatoms. The second-order valence-corrected chi connectivity index (χ2v) is 4.10. The van der Waals surface area contributed by atoms with Crippen LogP contribution in [0, 0.1) is 0 Å². The topological polar surface area (TPSA) is 51.6 Å². The summed E-state index contributed by atoms with van der Waals surface area (Å²) in [6.07, 6.45) is 14.0. The standard InChI is InChI=1S/4C5H5N.Cu/c4*1-2-4-6-5-3-1;/h4*1-5H;/q;;;;+2. The monoisotopic (exact) mass is 379 g/mol. The van der Waals surface area contributed by atoms with Crippen molar-refractivity contribution in [3.8, 4) is 0 Å². The van der Waals surface area contributed by atoms with E-state index in [9.17, 15) is 0 Å². The second-order valence-electron chi connectivity index (χ2n) is 4.10. The van der Waals surface area contributed by atoms with Gasteiger partial charge in [0, 0.05) is 49.6 Å². The Hall–Kier alpha value is -2.88. The summed E-state index contributed by atoms with van der Waals surface area (Å²) in [4.78, 5) is 15.1. The van der Waals surface area contributed by atoms with E-state index in [1.165, 1.54) is 0 Å². The maximum Gasteiger partial charge on any atom is 2.00 e. The van der Waals surface area contributed by atoms with E-state index >= 15 is 0 Å². The predicted octanol–water partition coefficient (Wildman–Crippen LogP) is 4.32. The van der Waals surface area contributed by atoms with Crippen LogP contribution in [0.1, 0.15) is 0 Å². The number of nitrogens with zero attached hydrogens (tertiary/aromatic N) is 4. The third kappa shape index (κ3) is 17.3. The molecule has 0 aliphatic rings. The fourth-order valence-corrected chi connectivity index (χ4v) is 1.25. The maximum absolute atomic E-state index is 3.78. The molecule has 4 nitrogen and oxygen atoms in total. The van der Waals surface area contributed by atoms with E-state index in [1.54, 1.807) is 49.6 Å². The minimum atomic E-state index is 0. The van der Waals surface area contributed by atoms with Crippen LogP contribution in [0.2, 0.25) is 0 Å². The van der Waals surface area contributed by atoms with Crippen molar-refractivity contribution in [2.45, 2.75) is 0 Å². The Kier molecular flexibility index (Phi) is 17.0. The molecule has 4 rings (SSSR count). The van der Waals surface area contributed by atoms with Gasteiger partial charge in [0.05, 0.1) is 0 Å². The third-order valence-electron chi connectivity index (χ3n) is 2.27. The largest absolute Gasteiger partial charge is 2.00 e. The van der Waals surface area contributed by atoms with Crippen LogP contribution in [0.15, 0.2) is 122 Å². The Labute approximate surface area is 159 Å². The van der Waals surface area contributed by atoms with E-state index in [2.05, 4.69) is 19.9 Å². The van der Waals surface area contributed by atoms with Crippen LogP contribution in [0.4, 0.5) is 0 Å². The summed E-state index contributed by atoms with van der Waals surface area (Å²) in [5.74, 6) is 0. The zero-order valence-corrected chi connectivity index (χ0v) is 14.6. The molecule has 25 heavy (non-hydrogen) atoms. The predicted molar refractivity (Wildman–Crippen MR) is 96.9 cm³/mol. The molecule has 0 aliphatic carbocycles. The average Bonchev–Trinajstić information content (AvgIpc) is 2.75. The molecule has 0 N–H and O–H groups in total. The summed E-state index contributed by atoms with van der Waals surface area (Å²) >= 11 is 0. The molecule has 0 saturated carbocycles. The number of aromatic nitrogens is 4. The van der Waals surface area contributed by atoms with Crippen molar-refractivity contribution in [1.82, 2.24) is 19.9 Å². The van der Waals surface area contributed by atoms with Crippen LogP contribution in [0.5, 0.6) is 0 Å². The molecule has 4 aromatic rings. The van der Waals surface area contributed by atoms with E-state index in [4.69, 9.17) is 0 Å². The van der Waals surface area contributed by atoms with Gasteiger partial charge in [0.25, 0.3) is 0 Å². The number of hydrogen-bond donors (Lipinski definition) is 0. The Bertz CT molecular complexity index is 436. The van der Waals surface area contributed by atoms with Crippen molar-refractivity contribution in [2.75, 3.05) is 0 Å². The molecule has 0 saturated heterocycles. The van der Waals surface area contributed by atoms with E-state index in [1.807, 2.05) is 72.8 Å². The van der Waals surface area contributed by atoms with Crippen LogP contribution >= 0.6 is 0 Å². The molecule has 0 amide bonds. The van der Waals surface area contributed by atoms with Gasteiger partial charge < -0.3 is 0 Å². The minimum Gasteiger partial charge on any atom is -0.265 e. The van der Waals surface area contributed by atoms with E-state index in [-0.39, 0.29) is 17.1 Å². The molecule has 129 valence electrons. The molecule has 0 atom stereocenters. The van der Waals surface area contributed by atoms with Gasteiger partial charge in [-0.05, 0) is 48.5 Å². The molecule has 0 fully saturated rings. The average molecular weight is 380 g/mol. The van der Waals surface area contributed by atoms with Crippen molar-refractivity contribution >= 4 is 0 Å². The number of hydrogen-bond acceptors (Lipinski definition) is 4. The SMILES string of the molecule is [Cu+2].c1ccncc1.c1ccncc1.c1ccncc1.c1ccncc1. The third-order valence-corrected chi connectivity index (χ3v) is 2.27. The minimum absolute atomic E-state index is 0. The van der Waals surface area contributed by atoms with E-state index < -0.39 is 0 Å². The van der Waals surface area contributed by atoms with E-state index in [0.717, 1.165) is 0 Å². The van der Waals surface area contributed by atoms with Gasteiger partial charge in [0.2, 0.25) is 0 Å². The quantitative estimate of drug-likeness (QED) is 0.427. The van der Waals surface area contributed by atoms with Crippen LogP contribution < -0.4 is 0 Å². The number of rotatable bonds is 0. The van der Waals surface area contributed by atoms with Gasteiger partial charge in [-0.2, -0.15) is 0 Å². The van der Waals surface area contributed by atoms with Gasteiger partial charge in [0.15, 0.2) is 0 Å². The summed E-state index contributed by atoms with van der Waals surface area (Å²) in [5, 5.41) is 0. The first-order chi connectivity index (χ1) is 12.0. The second kappa shape index (κ2) is 19.2. The molecule has 1 radical (unpaired) electrons. The van der Waals surface area contributed by atoms with Gasteiger partial charge in [-0.15, -0.1) is 0 Å². The van der Waals surface area contributed by atoms with Crippen LogP contribution in [0.3, 0.4) is 0 Å². The molecule has 0 unspecified atom stereocenters. The maximum atomic E-state index is 3.78. The Morgan fingerprint density at radius 2 is 0.400 bits per heavy atom. The summed E-state index contributed by atoms with van der Waals surface area (Å²) in [7, 11) is 0. The Morgan fingerprint density at radius 1 is 0.240 bits per heavy atom. The summed E-state index contributed by atoms with van der Waals surface area (Å²) in [5.41, 5.74) is 0. The molecular formula is C20H20CuN4+2. The molecule has 0 spiro atoms. The van der Waals surface area contributed by atoms with Gasteiger partial charge in [-0.1, -0.05) is 24.3 Å². The van der Waals surface area contributed by atoms with Crippen LogP contribution in [0.25, 0.3) is 0 Å². The fraction of sp³-hybridized carbons (Fsp3) is 0. The zero-order chi connectivity index (χ0) is 17.0. The van der Waals surface area contributed by atoms with Gasteiger partial charge in [-0.25, -0.2) is 0 Å². The van der Waals surface area contributed by atoms with E-state index in [0.29, 0.717) is 0 Å². The molecule has 0 aliphatic heterocycles. The molecular weight excluding hydrogens is 360 g/mol. The summed E-state index contributed by atoms with van der Waals surface area (Å²) < 4.78 is 0. The molecule has 4 heterocycles. The molecule has 4 aromatic heterocycles. The van der Waals surface area contributed by atoms with Gasteiger partial charge >= 0.3 is 17.1 Å². The zero-order valence-electron chi connectivity index (χ0n) is 13.6. The Morgan fingerprint density at radius 3 is 0.440 bits per heavy atom. The first kappa shape index (κ1) is 22.1. The number of pyridine rings is 4. The van der Waals surface area contributed by atoms with Crippen molar-refractivity contribution < 1.29 is 17.1 Å². The van der Waals surface area contributed by atoms with Crippen molar-refractivity contribution in [3.05, 3.63) is 122 Å². The van der Waals surface area contributed by atoms with Crippen molar-refractivity contribution in [3.63, 3.8) is 0 Å². The van der Waals surface area contributed by atoms with Crippen LogP contribution in [-0.4, -0.2) is 19.9 Å². The summed E-state index contributed by atoms with van der Waals surface area (Å²) in [6.45, 7) is 0. The van der Waals surface area contributed by atoms with Gasteiger partial charge in [0.1, 0.15) is 0 Å². The fourth-order valence-electron chi connectivity index (χ4n) is 1.25. The van der Waals surface area contributed by atoms with Gasteiger partial charge in [-0.3, -0.25) is 19.9 Å². The Balaban J connectivity index is 0.000000303. The normalized spacial score (nSPS) is 7.68. The molecule has 0 bridgehead atoms. The van der Waals surface area contributed by atoms with Crippen molar-refractivity contribution in [1.29, 1.82) is 0 Å². The first-order valence-corrected chi connectivity index (χ1v) is 7.40. The molecule has 0 aromatic carbocycles. The van der Waals surface area contributed by atoms with Crippen LogP contribution in [-0.2, 0) is 17.1 Å². The smallest absolute Gasteiger partial charge is 0.265 e. The summed E-state index contributed by atoms with van der Waals surface area (Å²) in [6, 6.07) is 22.9. The van der Waals surface area contributed by atoms with Crippen molar-refractivity contribution in [2.24, 2.45) is 0 Å².